The highest BCUT2D eigenvalue weighted by Gasteiger charge is 2.13. The molecular weight excluding hydrogens is 246 g/mol. The molecule has 0 fully saturated rings. The molecule has 0 aliphatic heterocycles. The van der Waals surface area contributed by atoms with Crippen LogP contribution in [0.3, 0.4) is 0 Å². The number of rotatable bonds is 2. The van der Waals surface area contributed by atoms with Gasteiger partial charge in [0.05, 0.1) is 5.69 Å². The number of aromatic amines is 1. The van der Waals surface area contributed by atoms with Gasteiger partial charge in [-0.2, -0.15) is 5.10 Å². The third-order valence-electron chi connectivity index (χ3n) is 2.65. The smallest absolute Gasteiger partial charge is 0.202 e. The number of H-pyrrole nitrogens is 1. The number of nitrogens with one attached hydrogen (secondary N) is 1. The summed E-state index contributed by atoms with van der Waals surface area (Å²) in [5.41, 5.74) is 0.959. The van der Waals surface area contributed by atoms with Gasteiger partial charge in [-0.3, -0.25) is 9.67 Å². The number of aromatic nitrogens is 3. The summed E-state index contributed by atoms with van der Waals surface area (Å²) in [5, 5.41) is 7.03. The average molecular weight is 257 g/mol. The molecule has 5 heteroatoms. The van der Waals surface area contributed by atoms with Crippen molar-refractivity contribution in [2.75, 3.05) is 0 Å². The van der Waals surface area contributed by atoms with E-state index in [1.165, 1.54) is 0 Å². The quantitative estimate of drug-likeness (QED) is 0.715. The fourth-order valence-electron chi connectivity index (χ4n) is 1.83. The summed E-state index contributed by atoms with van der Waals surface area (Å²) in [7, 11) is 0. The topological polar surface area (TPSA) is 46.8 Å². The van der Waals surface area contributed by atoms with Crippen LogP contribution in [-0.2, 0) is 0 Å². The van der Waals surface area contributed by atoms with E-state index < -0.39 is 0 Å². The Kier molecular flexibility index (Phi) is 2.60. The molecule has 1 N–H and O–H groups in total. The highest BCUT2D eigenvalue weighted by atomic mass is 32.1. The van der Waals surface area contributed by atoms with E-state index in [1.807, 2.05) is 54.0 Å². The lowest BCUT2D eigenvalue weighted by Crippen LogP contribution is -1.96. The van der Waals surface area contributed by atoms with Crippen LogP contribution in [0.25, 0.3) is 17.3 Å². The fourth-order valence-corrected chi connectivity index (χ4v) is 2.07. The van der Waals surface area contributed by atoms with Crippen molar-refractivity contribution >= 4 is 12.2 Å². The maximum absolute atomic E-state index is 5.60. The van der Waals surface area contributed by atoms with Gasteiger partial charge in [-0.05, 0) is 43.4 Å². The highest BCUT2D eigenvalue weighted by Crippen LogP contribution is 2.23. The maximum atomic E-state index is 5.60. The first-order valence-corrected chi connectivity index (χ1v) is 5.96. The Labute approximate surface area is 109 Å². The molecular formula is C13H11N3OS. The molecule has 2 aromatic heterocycles. The SMILES string of the molecule is Cc1ccc(-c2n[nH]c(=S)n2-c2ccccc2)o1. The molecule has 3 rings (SSSR count). The number of nitrogens with zero attached hydrogens (tertiary/aromatic N) is 2. The van der Waals surface area contributed by atoms with Crippen LogP contribution in [0.4, 0.5) is 0 Å². The van der Waals surface area contributed by atoms with Crippen molar-refractivity contribution in [3.8, 4) is 17.3 Å². The van der Waals surface area contributed by atoms with E-state index >= 15 is 0 Å². The molecule has 0 aliphatic carbocycles. The predicted octanol–water partition coefficient (Wildman–Crippen LogP) is 3.50. The molecule has 0 atom stereocenters. The molecule has 0 unspecified atom stereocenters. The maximum Gasteiger partial charge on any atom is 0.202 e. The summed E-state index contributed by atoms with van der Waals surface area (Å²) in [5.74, 6) is 2.22. The number of para-hydroxylation sites is 1. The van der Waals surface area contributed by atoms with E-state index in [2.05, 4.69) is 10.2 Å². The highest BCUT2D eigenvalue weighted by molar-refractivity contribution is 7.71. The van der Waals surface area contributed by atoms with Crippen molar-refractivity contribution in [1.29, 1.82) is 0 Å². The monoisotopic (exact) mass is 257 g/mol. The third kappa shape index (κ3) is 1.78. The van der Waals surface area contributed by atoms with E-state index in [-0.39, 0.29) is 0 Å². The molecule has 4 nitrogen and oxygen atoms in total. The molecule has 0 saturated carbocycles. The number of aryl methyl sites for hydroxylation is 1. The zero-order valence-electron chi connectivity index (χ0n) is 9.75. The molecule has 90 valence electrons. The molecule has 1 aromatic carbocycles. The van der Waals surface area contributed by atoms with Gasteiger partial charge < -0.3 is 4.42 Å². The molecule has 0 spiro atoms. The Morgan fingerprint density at radius 3 is 2.61 bits per heavy atom. The minimum absolute atomic E-state index is 0.547. The van der Waals surface area contributed by atoms with Crippen LogP contribution in [0.1, 0.15) is 5.76 Å². The molecule has 18 heavy (non-hydrogen) atoms. The first kappa shape index (κ1) is 11.0. The van der Waals surface area contributed by atoms with Crippen LogP contribution in [0.15, 0.2) is 46.9 Å². The minimum atomic E-state index is 0.547. The van der Waals surface area contributed by atoms with Crippen molar-refractivity contribution in [3.63, 3.8) is 0 Å². The van der Waals surface area contributed by atoms with Crippen LogP contribution in [0.5, 0.6) is 0 Å². The fraction of sp³-hybridized carbons (Fsp3) is 0.0769. The van der Waals surface area contributed by atoms with Crippen molar-refractivity contribution in [1.82, 2.24) is 14.8 Å². The van der Waals surface area contributed by atoms with Crippen molar-refractivity contribution < 1.29 is 4.42 Å². The van der Waals surface area contributed by atoms with E-state index in [9.17, 15) is 0 Å². The van der Waals surface area contributed by atoms with Crippen molar-refractivity contribution in [2.24, 2.45) is 0 Å². The van der Waals surface area contributed by atoms with Gasteiger partial charge in [0.2, 0.25) is 5.82 Å². The number of hydrogen-bond donors (Lipinski definition) is 1. The Bertz CT molecular complexity index is 724. The first-order chi connectivity index (χ1) is 8.75. The third-order valence-corrected chi connectivity index (χ3v) is 2.92. The molecule has 0 amide bonds. The van der Waals surface area contributed by atoms with Gasteiger partial charge in [0.15, 0.2) is 10.5 Å². The zero-order chi connectivity index (χ0) is 12.5. The summed E-state index contributed by atoms with van der Waals surface area (Å²) >= 11 is 5.26. The number of furan rings is 1. The molecule has 2 heterocycles. The molecule has 3 aromatic rings. The Morgan fingerprint density at radius 1 is 1.17 bits per heavy atom. The van der Waals surface area contributed by atoms with Crippen molar-refractivity contribution in [3.05, 3.63) is 53.0 Å². The van der Waals surface area contributed by atoms with Crippen molar-refractivity contribution in [2.45, 2.75) is 6.92 Å². The van der Waals surface area contributed by atoms with E-state index in [4.69, 9.17) is 16.6 Å². The summed E-state index contributed by atoms with van der Waals surface area (Å²) in [6, 6.07) is 13.6. The van der Waals surface area contributed by atoms with Gasteiger partial charge in [0, 0.05) is 0 Å². The summed E-state index contributed by atoms with van der Waals surface area (Å²) < 4.78 is 8.00. The predicted molar refractivity (Wildman–Crippen MR) is 71.2 cm³/mol. The average Bonchev–Trinajstić information content (AvgIpc) is 2.96. The largest absolute Gasteiger partial charge is 0.458 e. The van der Waals surface area contributed by atoms with Gasteiger partial charge in [-0.15, -0.1) is 0 Å². The van der Waals surface area contributed by atoms with Gasteiger partial charge in [0.25, 0.3) is 0 Å². The molecule has 0 saturated heterocycles. The van der Waals surface area contributed by atoms with Gasteiger partial charge in [0.1, 0.15) is 5.76 Å². The minimum Gasteiger partial charge on any atom is -0.458 e. The van der Waals surface area contributed by atoms with Crippen LogP contribution in [0.2, 0.25) is 0 Å². The second kappa shape index (κ2) is 4.27. The van der Waals surface area contributed by atoms with E-state index in [0.717, 1.165) is 11.4 Å². The van der Waals surface area contributed by atoms with Gasteiger partial charge in [-0.25, -0.2) is 0 Å². The van der Waals surface area contributed by atoms with Crippen LogP contribution >= 0.6 is 12.2 Å². The molecule has 0 bridgehead atoms. The lowest BCUT2D eigenvalue weighted by atomic mass is 10.3. The van der Waals surface area contributed by atoms with Crippen LogP contribution in [0, 0.1) is 11.7 Å². The molecule has 0 radical (unpaired) electrons. The Balaban J connectivity index is 2.22. The lowest BCUT2D eigenvalue weighted by molar-refractivity contribution is 0.542. The second-order valence-electron chi connectivity index (χ2n) is 3.93. The van der Waals surface area contributed by atoms with Gasteiger partial charge in [-0.1, -0.05) is 18.2 Å². The lowest BCUT2D eigenvalue weighted by Gasteiger charge is -2.04. The summed E-state index contributed by atoms with van der Waals surface area (Å²) in [6.45, 7) is 1.90. The standard InChI is InChI=1S/C13H11N3OS/c1-9-7-8-11(17-9)12-14-15-13(18)16(12)10-5-3-2-4-6-10/h2-8H,1H3,(H,15,18). The Morgan fingerprint density at radius 2 is 1.94 bits per heavy atom. The first-order valence-electron chi connectivity index (χ1n) is 5.55. The van der Waals surface area contributed by atoms with Crippen LogP contribution in [-0.4, -0.2) is 14.8 Å². The number of benzene rings is 1. The van der Waals surface area contributed by atoms with E-state index in [1.54, 1.807) is 0 Å². The summed E-state index contributed by atoms with van der Waals surface area (Å²) in [4.78, 5) is 0. The second-order valence-corrected chi connectivity index (χ2v) is 4.32. The normalized spacial score (nSPS) is 10.7. The van der Waals surface area contributed by atoms with Gasteiger partial charge >= 0.3 is 0 Å². The number of hydrogen-bond acceptors (Lipinski definition) is 3. The summed E-state index contributed by atoms with van der Waals surface area (Å²) in [6.07, 6.45) is 0. The van der Waals surface area contributed by atoms with E-state index in [0.29, 0.717) is 16.4 Å². The Hall–Kier alpha value is -2.14. The zero-order valence-corrected chi connectivity index (χ0v) is 10.6. The molecule has 0 aliphatic rings. The van der Waals surface area contributed by atoms with Crippen LogP contribution < -0.4 is 0 Å².